The second-order valence-corrected chi connectivity index (χ2v) is 7.52. The standard InChI is InChI=1S/C23H27N3O5/c1-28-19-12-16(13-20(29-2)21(19)30-3)22(27)24-14-15-8-10-26(11-9-15)23-25-17-6-4-5-7-18(17)31-23/h4-7,12-13,15H,8-11,14H2,1-3H3,(H,24,27). The number of hydrogen-bond acceptors (Lipinski definition) is 7. The number of rotatable bonds is 7. The summed E-state index contributed by atoms with van der Waals surface area (Å²) < 4.78 is 21.9. The van der Waals surface area contributed by atoms with E-state index in [-0.39, 0.29) is 5.91 Å². The van der Waals surface area contributed by atoms with Gasteiger partial charge in [-0.25, -0.2) is 0 Å². The highest BCUT2D eigenvalue weighted by molar-refractivity contribution is 5.95. The van der Waals surface area contributed by atoms with Crippen molar-refractivity contribution < 1.29 is 23.4 Å². The Hall–Kier alpha value is -3.42. The number of fused-ring (bicyclic) bond motifs is 1. The van der Waals surface area contributed by atoms with Crippen LogP contribution in [0, 0.1) is 5.92 Å². The summed E-state index contributed by atoms with van der Waals surface area (Å²) in [4.78, 5) is 19.5. The Morgan fingerprint density at radius 1 is 1.10 bits per heavy atom. The predicted molar refractivity (Wildman–Crippen MR) is 117 cm³/mol. The fourth-order valence-electron chi connectivity index (χ4n) is 3.87. The number of carbonyl (C=O) groups is 1. The molecular formula is C23H27N3O5. The highest BCUT2D eigenvalue weighted by atomic mass is 16.5. The normalized spacial score (nSPS) is 14.5. The van der Waals surface area contributed by atoms with Gasteiger partial charge in [-0.3, -0.25) is 4.79 Å². The number of benzene rings is 2. The molecule has 8 heteroatoms. The van der Waals surface area contributed by atoms with Gasteiger partial charge in [0.15, 0.2) is 17.1 Å². The number of hydrogen-bond donors (Lipinski definition) is 1. The van der Waals surface area contributed by atoms with Crippen LogP contribution in [0.25, 0.3) is 11.1 Å². The molecule has 164 valence electrons. The maximum atomic E-state index is 12.7. The van der Waals surface area contributed by atoms with E-state index in [1.807, 2.05) is 24.3 Å². The molecule has 0 radical (unpaired) electrons. The molecule has 4 rings (SSSR count). The zero-order valence-electron chi connectivity index (χ0n) is 18.0. The van der Waals surface area contributed by atoms with Gasteiger partial charge in [0.2, 0.25) is 5.75 Å². The summed E-state index contributed by atoms with van der Waals surface area (Å²) >= 11 is 0. The van der Waals surface area contributed by atoms with Gasteiger partial charge in [0.1, 0.15) is 5.52 Å². The zero-order chi connectivity index (χ0) is 21.8. The molecule has 1 aromatic heterocycles. The van der Waals surface area contributed by atoms with Crippen molar-refractivity contribution >= 4 is 23.0 Å². The van der Waals surface area contributed by atoms with Crippen LogP contribution < -0.4 is 24.4 Å². The van der Waals surface area contributed by atoms with Crippen LogP contribution in [0.1, 0.15) is 23.2 Å². The first-order valence-electron chi connectivity index (χ1n) is 10.3. The molecule has 1 fully saturated rings. The minimum absolute atomic E-state index is 0.166. The second-order valence-electron chi connectivity index (χ2n) is 7.52. The molecule has 2 aromatic carbocycles. The van der Waals surface area contributed by atoms with Crippen LogP contribution in [0.15, 0.2) is 40.8 Å². The lowest BCUT2D eigenvalue weighted by Gasteiger charge is -2.30. The van der Waals surface area contributed by atoms with Gasteiger partial charge in [-0.1, -0.05) is 12.1 Å². The lowest BCUT2D eigenvalue weighted by atomic mass is 9.97. The number of anilines is 1. The third kappa shape index (κ3) is 4.38. The van der Waals surface area contributed by atoms with Crippen molar-refractivity contribution in [1.82, 2.24) is 10.3 Å². The molecule has 0 spiro atoms. The molecule has 31 heavy (non-hydrogen) atoms. The molecule has 0 bridgehead atoms. The molecule has 2 heterocycles. The fraction of sp³-hybridized carbons (Fsp3) is 0.391. The average molecular weight is 425 g/mol. The smallest absolute Gasteiger partial charge is 0.298 e. The highest BCUT2D eigenvalue weighted by Crippen LogP contribution is 2.38. The third-order valence-electron chi connectivity index (χ3n) is 5.65. The maximum absolute atomic E-state index is 12.7. The van der Waals surface area contributed by atoms with Gasteiger partial charge in [-0.15, -0.1) is 0 Å². The lowest BCUT2D eigenvalue weighted by Crippen LogP contribution is -2.38. The molecule has 3 aromatic rings. The quantitative estimate of drug-likeness (QED) is 0.620. The summed E-state index contributed by atoms with van der Waals surface area (Å²) in [5.74, 6) is 1.61. The van der Waals surface area contributed by atoms with Gasteiger partial charge in [-0.2, -0.15) is 4.98 Å². The van der Waals surface area contributed by atoms with Gasteiger partial charge in [0, 0.05) is 25.2 Å². The number of methoxy groups -OCH3 is 3. The molecule has 0 atom stereocenters. The fourth-order valence-corrected chi connectivity index (χ4v) is 3.87. The molecule has 0 unspecified atom stereocenters. The predicted octanol–water partition coefficient (Wildman–Crippen LogP) is 3.50. The summed E-state index contributed by atoms with van der Waals surface area (Å²) in [6.45, 7) is 2.30. The Morgan fingerprint density at radius 3 is 2.39 bits per heavy atom. The topological polar surface area (TPSA) is 86.1 Å². The number of oxazole rings is 1. The molecule has 1 N–H and O–H groups in total. The van der Waals surface area contributed by atoms with Gasteiger partial charge in [-0.05, 0) is 43.0 Å². The minimum atomic E-state index is -0.166. The molecule has 0 saturated carbocycles. The Balaban J connectivity index is 1.33. The number of para-hydroxylation sites is 2. The molecule has 1 aliphatic heterocycles. The second kappa shape index (κ2) is 9.16. The third-order valence-corrected chi connectivity index (χ3v) is 5.65. The number of ether oxygens (including phenoxy) is 3. The minimum Gasteiger partial charge on any atom is -0.493 e. The van der Waals surface area contributed by atoms with Crippen molar-refractivity contribution in [3.8, 4) is 17.2 Å². The number of nitrogens with one attached hydrogen (secondary N) is 1. The van der Waals surface area contributed by atoms with Crippen molar-refractivity contribution in [3.05, 3.63) is 42.0 Å². The summed E-state index contributed by atoms with van der Waals surface area (Å²) in [6, 6.07) is 11.8. The molecule has 1 saturated heterocycles. The van der Waals surface area contributed by atoms with E-state index in [9.17, 15) is 4.79 Å². The van der Waals surface area contributed by atoms with Crippen LogP contribution in [0.2, 0.25) is 0 Å². The summed E-state index contributed by atoms with van der Waals surface area (Å²) in [5, 5.41) is 3.04. The van der Waals surface area contributed by atoms with Crippen LogP contribution in [-0.4, -0.2) is 51.9 Å². The Bertz CT molecular complexity index is 998. The van der Waals surface area contributed by atoms with Crippen LogP contribution >= 0.6 is 0 Å². The summed E-state index contributed by atoms with van der Waals surface area (Å²) in [7, 11) is 4.60. The van der Waals surface area contributed by atoms with Gasteiger partial charge in [0.25, 0.3) is 11.9 Å². The highest BCUT2D eigenvalue weighted by Gasteiger charge is 2.24. The van der Waals surface area contributed by atoms with E-state index in [1.165, 1.54) is 21.3 Å². The average Bonchev–Trinajstić information content (AvgIpc) is 3.26. The monoisotopic (exact) mass is 425 g/mol. The van der Waals surface area contributed by atoms with E-state index >= 15 is 0 Å². The molecule has 0 aliphatic carbocycles. The van der Waals surface area contributed by atoms with Crippen LogP contribution in [0.5, 0.6) is 17.2 Å². The van der Waals surface area contributed by atoms with Crippen LogP contribution in [-0.2, 0) is 0 Å². The van der Waals surface area contributed by atoms with Crippen molar-refractivity contribution in [2.45, 2.75) is 12.8 Å². The molecular weight excluding hydrogens is 398 g/mol. The Labute approximate surface area is 181 Å². The number of carbonyl (C=O) groups excluding carboxylic acids is 1. The van der Waals surface area contributed by atoms with E-state index in [0.717, 1.165) is 37.0 Å². The summed E-state index contributed by atoms with van der Waals surface area (Å²) in [6.07, 6.45) is 1.91. The van der Waals surface area contributed by atoms with E-state index in [1.54, 1.807) is 12.1 Å². The van der Waals surface area contributed by atoms with Gasteiger partial charge in [0.05, 0.1) is 21.3 Å². The lowest BCUT2D eigenvalue weighted by molar-refractivity contribution is 0.0944. The van der Waals surface area contributed by atoms with E-state index in [4.69, 9.17) is 18.6 Å². The van der Waals surface area contributed by atoms with E-state index in [0.29, 0.717) is 41.3 Å². The summed E-state index contributed by atoms with van der Waals surface area (Å²) in [5.41, 5.74) is 2.15. The van der Waals surface area contributed by atoms with Crippen LogP contribution in [0.3, 0.4) is 0 Å². The first kappa shape index (κ1) is 20.8. The number of amides is 1. The van der Waals surface area contributed by atoms with E-state index in [2.05, 4.69) is 15.2 Å². The van der Waals surface area contributed by atoms with Crippen LogP contribution in [0.4, 0.5) is 6.01 Å². The number of aromatic nitrogens is 1. The first-order valence-corrected chi connectivity index (χ1v) is 10.3. The largest absolute Gasteiger partial charge is 0.493 e. The molecule has 1 amide bonds. The number of nitrogens with zero attached hydrogens (tertiary/aromatic N) is 2. The zero-order valence-corrected chi connectivity index (χ0v) is 18.0. The van der Waals surface area contributed by atoms with Crippen molar-refractivity contribution in [2.24, 2.45) is 5.92 Å². The van der Waals surface area contributed by atoms with Crippen molar-refractivity contribution in [3.63, 3.8) is 0 Å². The SMILES string of the molecule is COc1cc(C(=O)NCC2CCN(c3nc4ccccc4o3)CC2)cc(OC)c1OC. The maximum Gasteiger partial charge on any atom is 0.298 e. The van der Waals surface area contributed by atoms with Gasteiger partial charge >= 0.3 is 0 Å². The number of piperidine rings is 1. The molecule has 8 nitrogen and oxygen atoms in total. The van der Waals surface area contributed by atoms with E-state index < -0.39 is 0 Å². The Morgan fingerprint density at radius 2 is 1.77 bits per heavy atom. The van der Waals surface area contributed by atoms with Crippen molar-refractivity contribution in [2.75, 3.05) is 45.9 Å². The Kier molecular flexibility index (Phi) is 6.16. The first-order chi connectivity index (χ1) is 15.1. The van der Waals surface area contributed by atoms with Crippen molar-refractivity contribution in [1.29, 1.82) is 0 Å². The molecule has 1 aliphatic rings. The van der Waals surface area contributed by atoms with Gasteiger partial charge < -0.3 is 28.8 Å².